The van der Waals surface area contributed by atoms with Crippen molar-refractivity contribution >= 4 is 37.7 Å². The Bertz CT molecular complexity index is 1480. The maximum atomic E-state index is 13.6. The molecule has 0 radical (unpaired) electrons. The summed E-state index contributed by atoms with van der Waals surface area (Å²) in [6, 6.07) is 7.28. The molecule has 0 bridgehead atoms. The van der Waals surface area contributed by atoms with E-state index < -0.39 is 28.5 Å². The molecule has 0 saturated carbocycles. The van der Waals surface area contributed by atoms with Crippen LogP contribution in [0.25, 0.3) is 5.69 Å². The molecule has 0 fully saturated rings. The van der Waals surface area contributed by atoms with Crippen molar-refractivity contribution in [2.24, 2.45) is 0 Å². The van der Waals surface area contributed by atoms with Gasteiger partial charge in [-0.25, -0.2) is 9.07 Å². The smallest absolute Gasteiger partial charge is 0.389 e. The number of nitrogens with zero attached hydrogens (tertiary/aromatic N) is 7. The van der Waals surface area contributed by atoms with Gasteiger partial charge >= 0.3 is 5.82 Å². The van der Waals surface area contributed by atoms with Crippen LogP contribution in [0.5, 0.6) is 0 Å². The lowest BCUT2D eigenvalue weighted by molar-refractivity contribution is -0.392. The van der Waals surface area contributed by atoms with Crippen LogP contribution in [-0.2, 0) is 13.0 Å². The van der Waals surface area contributed by atoms with Crippen molar-refractivity contribution < 1.29 is 18.8 Å². The Morgan fingerprint density at radius 2 is 1.95 bits per heavy atom. The van der Waals surface area contributed by atoms with Gasteiger partial charge in [-0.15, -0.1) is 0 Å². The highest BCUT2D eigenvalue weighted by Gasteiger charge is 2.20. The fourth-order valence-corrected chi connectivity index (χ4v) is 4.26. The summed E-state index contributed by atoms with van der Waals surface area (Å²) in [4.78, 5) is 12.4. The summed E-state index contributed by atoms with van der Waals surface area (Å²) in [6.07, 6.45) is 3.92. The minimum Gasteiger partial charge on any atom is -0.389 e. The van der Waals surface area contributed by atoms with Gasteiger partial charge in [-0.1, -0.05) is 0 Å². The number of aryl methyl sites for hydroxylation is 1. The normalized spacial score (nSPS) is 11.4. The second-order valence-electron chi connectivity index (χ2n) is 7.58. The summed E-state index contributed by atoms with van der Waals surface area (Å²) < 4.78 is 30.8. The average molecular weight is 639 g/mol. The third-order valence-electron chi connectivity index (χ3n) is 5.12. The van der Waals surface area contributed by atoms with Gasteiger partial charge in [0.05, 0.1) is 39.9 Å². The van der Waals surface area contributed by atoms with Crippen LogP contribution in [0.15, 0.2) is 51.9 Å². The molecule has 10 nitrogen and oxygen atoms in total. The van der Waals surface area contributed by atoms with Gasteiger partial charge in [-0.05, 0) is 73.8 Å². The fourth-order valence-electron chi connectivity index (χ4n) is 3.37. The van der Waals surface area contributed by atoms with Crippen LogP contribution in [0.2, 0.25) is 0 Å². The van der Waals surface area contributed by atoms with Gasteiger partial charge in [-0.2, -0.15) is 19.8 Å². The number of halogens is 4. The lowest BCUT2D eigenvalue weighted by atomic mass is 10.1. The van der Waals surface area contributed by atoms with Gasteiger partial charge in [0.1, 0.15) is 16.5 Å². The number of nitro groups is 1. The molecule has 3 aromatic heterocycles. The van der Waals surface area contributed by atoms with E-state index in [0.29, 0.717) is 33.4 Å². The molecule has 37 heavy (non-hydrogen) atoms. The molecule has 4 aromatic rings. The van der Waals surface area contributed by atoms with Crippen LogP contribution >= 0.6 is 31.9 Å². The molecule has 0 aliphatic carbocycles. The number of benzene rings is 1. The third-order valence-corrected chi connectivity index (χ3v) is 6.47. The number of hydrogen-bond donors (Lipinski definition) is 1. The summed E-state index contributed by atoms with van der Waals surface area (Å²) >= 11 is 6.45. The zero-order valence-electron chi connectivity index (χ0n) is 19.4. The first-order valence-corrected chi connectivity index (χ1v) is 12.3. The summed E-state index contributed by atoms with van der Waals surface area (Å²) in [6.45, 7) is 4.27. The van der Waals surface area contributed by atoms with Crippen LogP contribution in [0, 0.1) is 33.1 Å². The zero-order chi connectivity index (χ0) is 27.3. The molecule has 0 amide bonds. The molecule has 3 heterocycles. The first kappa shape index (κ1) is 28.0. The lowest BCUT2D eigenvalue weighted by Crippen LogP contribution is -2.09. The van der Waals surface area contributed by atoms with Crippen LogP contribution in [0.1, 0.15) is 42.3 Å². The van der Waals surface area contributed by atoms with Gasteiger partial charge in [-0.3, -0.25) is 4.68 Å². The lowest BCUT2D eigenvalue weighted by Gasteiger charge is -2.15. The predicted molar refractivity (Wildman–Crippen MR) is 136 cm³/mol. The van der Waals surface area contributed by atoms with Crippen LogP contribution in [-0.4, -0.2) is 34.6 Å². The van der Waals surface area contributed by atoms with E-state index in [4.69, 9.17) is 0 Å². The maximum absolute atomic E-state index is 13.6. The van der Waals surface area contributed by atoms with E-state index in [2.05, 4.69) is 53.1 Å². The van der Waals surface area contributed by atoms with Crippen molar-refractivity contribution in [2.75, 3.05) is 0 Å². The highest BCUT2D eigenvalue weighted by atomic mass is 79.9. The Morgan fingerprint density at radius 1 is 1.22 bits per heavy atom. The number of aromatic nitrogens is 5. The molecule has 0 aliphatic rings. The quantitative estimate of drug-likeness (QED) is 0.221. The van der Waals surface area contributed by atoms with Crippen molar-refractivity contribution in [1.82, 2.24) is 24.5 Å². The Morgan fingerprint density at radius 3 is 2.51 bits per heavy atom. The second kappa shape index (κ2) is 12.1. The Kier molecular flexibility index (Phi) is 9.19. The van der Waals surface area contributed by atoms with Gasteiger partial charge in [0.25, 0.3) is 0 Å². The molecule has 0 aliphatic heterocycles. The van der Waals surface area contributed by atoms with Crippen LogP contribution < -0.4 is 0 Å². The third kappa shape index (κ3) is 6.43. The van der Waals surface area contributed by atoms with E-state index in [9.17, 15) is 29.3 Å². The van der Waals surface area contributed by atoms with Crippen molar-refractivity contribution in [1.29, 1.82) is 5.26 Å². The van der Waals surface area contributed by atoms with Crippen molar-refractivity contribution in [3.05, 3.63) is 96.1 Å². The van der Waals surface area contributed by atoms with Gasteiger partial charge < -0.3 is 15.2 Å². The molecule has 1 unspecified atom stereocenters. The standard InChI is InChI=1S/C18H17BrFN5O.C5H2BrFN2O2/c1-3-24-18(19)12(9-22-24)6-17-13(8-21)10-23-25(17)16-5-4-14(20)7-15(16)11(2)26;6-3-1-4(7)5(8-2-3)9(10)11/h4-5,7,9-11,26H,3,6H2,1-2H3;1-2H. The molecule has 1 N–H and O–H groups in total. The van der Waals surface area contributed by atoms with Gasteiger partial charge in [0.2, 0.25) is 5.82 Å². The molecule has 14 heteroatoms. The Labute approximate surface area is 226 Å². The second-order valence-corrected chi connectivity index (χ2v) is 9.24. The zero-order valence-corrected chi connectivity index (χ0v) is 22.6. The number of aliphatic hydroxyl groups is 1. The van der Waals surface area contributed by atoms with E-state index in [1.165, 1.54) is 24.5 Å². The van der Waals surface area contributed by atoms with Gasteiger partial charge in [0, 0.05) is 30.2 Å². The summed E-state index contributed by atoms with van der Waals surface area (Å²) in [5, 5.41) is 38.1. The highest BCUT2D eigenvalue weighted by molar-refractivity contribution is 9.10. The number of hydrogen-bond acceptors (Lipinski definition) is 7. The minimum atomic E-state index is -0.940. The minimum absolute atomic E-state index is 0.376. The topological polar surface area (TPSA) is 136 Å². The maximum Gasteiger partial charge on any atom is 0.399 e. The molecular weight excluding hydrogens is 620 g/mol. The van der Waals surface area contributed by atoms with Crippen molar-refractivity contribution in [3.8, 4) is 11.8 Å². The summed E-state index contributed by atoms with van der Waals surface area (Å²) in [7, 11) is 0. The number of nitriles is 1. The molecule has 0 spiro atoms. The Hall–Kier alpha value is -3.54. The number of pyridine rings is 1. The van der Waals surface area contributed by atoms with E-state index in [1.54, 1.807) is 28.6 Å². The molecule has 4 rings (SSSR count). The van der Waals surface area contributed by atoms with E-state index in [1.807, 2.05) is 6.92 Å². The van der Waals surface area contributed by atoms with Gasteiger partial charge in [0.15, 0.2) is 6.20 Å². The number of rotatable bonds is 6. The molecular formula is C23H19Br2F2N7O3. The summed E-state index contributed by atoms with van der Waals surface area (Å²) in [5.74, 6) is -2.14. The first-order chi connectivity index (χ1) is 17.6. The summed E-state index contributed by atoms with van der Waals surface area (Å²) in [5.41, 5.74) is 2.92. The van der Waals surface area contributed by atoms with Crippen molar-refractivity contribution in [3.63, 3.8) is 0 Å². The van der Waals surface area contributed by atoms with E-state index in [0.717, 1.165) is 22.8 Å². The monoisotopic (exact) mass is 637 g/mol. The predicted octanol–water partition coefficient (Wildman–Crippen LogP) is 5.40. The number of aliphatic hydroxyl groups excluding tert-OH is 1. The SMILES string of the molecule is CCn1ncc(Cc2c(C#N)cnn2-c2ccc(F)cc2C(C)O)c1Br.O=[N+]([O-])c1ncc(Br)cc1F. The van der Waals surface area contributed by atoms with E-state index in [-0.39, 0.29) is 0 Å². The van der Waals surface area contributed by atoms with Crippen LogP contribution in [0.4, 0.5) is 14.6 Å². The molecule has 0 saturated heterocycles. The largest absolute Gasteiger partial charge is 0.399 e. The Balaban J connectivity index is 0.000000289. The molecule has 1 atom stereocenters. The van der Waals surface area contributed by atoms with Crippen molar-refractivity contribution in [2.45, 2.75) is 32.9 Å². The molecule has 192 valence electrons. The average Bonchev–Trinajstić information content (AvgIpc) is 3.42. The van der Waals surface area contributed by atoms with Crippen LogP contribution in [0.3, 0.4) is 0 Å². The highest BCUT2D eigenvalue weighted by Crippen LogP contribution is 2.27. The van der Waals surface area contributed by atoms with E-state index >= 15 is 0 Å². The fraction of sp³-hybridized carbons (Fsp3) is 0.217. The molecule has 1 aromatic carbocycles. The first-order valence-electron chi connectivity index (χ1n) is 10.7.